The molecule has 25 heavy (non-hydrogen) atoms. The molecule has 3 aromatic heterocycles. The van der Waals surface area contributed by atoms with Crippen LogP contribution in [-0.4, -0.2) is 37.0 Å². The third kappa shape index (κ3) is 3.07. The molecule has 0 saturated carbocycles. The first kappa shape index (κ1) is 15.6. The number of amides is 1. The van der Waals surface area contributed by atoms with Crippen molar-refractivity contribution in [2.75, 3.05) is 6.54 Å². The summed E-state index contributed by atoms with van der Waals surface area (Å²) in [6.07, 6.45) is 7.69. The zero-order valence-corrected chi connectivity index (χ0v) is 14.0. The van der Waals surface area contributed by atoms with Crippen LogP contribution in [0.1, 0.15) is 53.8 Å². The van der Waals surface area contributed by atoms with E-state index < -0.39 is 0 Å². The van der Waals surface area contributed by atoms with Gasteiger partial charge in [-0.2, -0.15) is 4.98 Å². The topological polar surface area (TPSA) is 90.2 Å². The Balaban J connectivity index is 1.50. The summed E-state index contributed by atoms with van der Waals surface area (Å²) in [4.78, 5) is 23.0. The van der Waals surface area contributed by atoms with Crippen molar-refractivity contribution in [3.8, 4) is 0 Å². The lowest BCUT2D eigenvalue weighted by Gasteiger charge is -2.20. The number of hydrogen-bond acceptors (Lipinski definition) is 6. The summed E-state index contributed by atoms with van der Waals surface area (Å²) in [7, 11) is 0. The van der Waals surface area contributed by atoms with Gasteiger partial charge in [0.15, 0.2) is 11.6 Å². The first-order valence-corrected chi connectivity index (χ1v) is 8.42. The predicted octanol–water partition coefficient (Wildman–Crippen LogP) is 2.45. The van der Waals surface area contributed by atoms with Crippen LogP contribution in [0.4, 0.5) is 0 Å². The van der Waals surface area contributed by atoms with Gasteiger partial charge < -0.3 is 18.4 Å². The molecule has 0 aliphatic carbocycles. The van der Waals surface area contributed by atoms with E-state index in [0.717, 1.165) is 12.8 Å². The van der Waals surface area contributed by atoms with Gasteiger partial charge in [-0.05, 0) is 25.0 Å². The van der Waals surface area contributed by atoms with E-state index in [1.165, 1.54) is 0 Å². The van der Waals surface area contributed by atoms with E-state index >= 15 is 0 Å². The van der Waals surface area contributed by atoms with Crippen LogP contribution in [0, 0.1) is 0 Å². The molecular weight excluding hydrogens is 322 g/mol. The lowest BCUT2D eigenvalue weighted by molar-refractivity contribution is 0.0694. The lowest BCUT2D eigenvalue weighted by atomic mass is 10.2. The van der Waals surface area contributed by atoms with Gasteiger partial charge in [0.2, 0.25) is 5.89 Å². The maximum atomic E-state index is 12.8. The summed E-state index contributed by atoms with van der Waals surface area (Å²) in [6, 6.07) is 3.39. The molecule has 130 valence electrons. The van der Waals surface area contributed by atoms with Crippen molar-refractivity contribution in [1.29, 1.82) is 0 Å². The van der Waals surface area contributed by atoms with Crippen LogP contribution >= 0.6 is 0 Å². The Kier molecular flexibility index (Phi) is 4.09. The summed E-state index contributed by atoms with van der Waals surface area (Å²) in [6.45, 7) is 3.16. The number of carbonyl (C=O) groups excluding carboxylic acids is 1. The monoisotopic (exact) mass is 341 g/mol. The van der Waals surface area contributed by atoms with Gasteiger partial charge in [0, 0.05) is 25.4 Å². The molecule has 3 aromatic rings. The van der Waals surface area contributed by atoms with E-state index in [9.17, 15) is 4.79 Å². The molecule has 0 radical (unpaired) electrons. The Morgan fingerprint density at radius 1 is 1.40 bits per heavy atom. The smallest absolute Gasteiger partial charge is 0.290 e. The third-order valence-electron chi connectivity index (χ3n) is 4.37. The molecular formula is C17H19N5O3. The van der Waals surface area contributed by atoms with Gasteiger partial charge in [-0.15, -0.1) is 0 Å². The molecule has 1 unspecified atom stereocenters. The van der Waals surface area contributed by atoms with Gasteiger partial charge in [-0.3, -0.25) is 4.79 Å². The Hall–Kier alpha value is -2.90. The second-order valence-corrected chi connectivity index (χ2v) is 6.06. The molecule has 1 fully saturated rings. The second-order valence-electron chi connectivity index (χ2n) is 6.06. The van der Waals surface area contributed by atoms with E-state index in [1.807, 2.05) is 23.8 Å². The van der Waals surface area contributed by atoms with Gasteiger partial charge in [0.05, 0.1) is 18.9 Å². The van der Waals surface area contributed by atoms with Crippen LogP contribution in [0.3, 0.4) is 0 Å². The van der Waals surface area contributed by atoms with Crippen molar-refractivity contribution in [3.05, 3.63) is 54.1 Å². The molecule has 1 saturated heterocycles. The molecule has 8 nitrogen and oxygen atoms in total. The van der Waals surface area contributed by atoms with Gasteiger partial charge >= 0.3 is 0 Å². The van der Waals surface area contributed by atoms with Crippen LogP contribution in [0.5, 0.6) is 0 Å². The highest BCUT2D eigenvalue weighted by Gasteiger charge is 2.35. The predicted molar refractivity (Wildman–Crippen MR) is 86.7 cm³/mol. The fraction of sp³-hybridized carbons (Fsp3) is 0.412. The van der Waals surface area contributed by atoms with Crippen LogP contribution in [0.15, 0.2) is 39.8 Å². The van der Waals surface area contributed by atoms with Gasteiger partial charge in [-0.1, -0.05) is 12.1 Å². The minimum atomic E-state index is -0.154. The van der Waals surface area contributed by atoms with Crippen molar-refractivity contribution in [1.82, 2.24) is 24.6 Å². The number of aryl methyl sites for hydroxylation is 1. The highest BCUT2D eigenvalue weighted by Crippen LogP contribution is 2.31. The Labute approximate surface area is 144 Å². The van der Waals surface area contributed by atoms with Crippen molar-refractivity contribution >= 4 is 5.91 Å². The van der Waals surface area contributed by atoms with E-state index in [0.29, 0.717) is 42.7 Å². The molecule has 1 aliphatic heterocycles. The van der Waals surface area contributed by atoms with E-state index in [4.69, 9.17) is 8.94 Å². The number of hydrogen-bond donors (Lipinski definition) is 0. The fourth-order valence-electron chi connectivity index (χ4n) is 3.10. The summed E-state index contributed by atoms with van der Waals surface area (Å²) in [5, 5.41) is 4.03. The summed E-state index contributed by atoms with van der Waals surface area (Å²) in [5.74, 6) is 2.08. The highest BCUT2D eigenvalue weighted by molar-refractivity contribution is 5.92. The van der Waals surface area contributed by atoms with Crippen LogP contribution in [-0.2, 0) is 13.0 Å². The first-order chi connectivity index (χ1) is 12.2. The Morgan fingerprint density at radius 2 is 2.32 bits per heavy atom. The third-order valence-corrected chi connectivity index (χ3v) is 4.37. The SMILES string of the molecule is CCc1nc(C2CCCN2C(=O)c2ccc(Cn3ccnc3)o2)no1. The second kappa shape index (κ2) is 6.54. The normalized spacial score (nSPS) is 17.3. The molecule has 4 rings (SSSR count). The summed E-state index contributed by atoms with van der Waals surface area (Å²) >= 11 is 0. The highest BCUT2D eigenvalue weighted by atomic mass is 16.5. The molecule has 8 heteroatoms. The standard InChI is InChI=1S/C17H19N5O3/c1-2-15-19-16(20-25-15)13-4-3-8-22(13)17(23)14-6-5-12(24-14)10-21-9-7-18-11-21/h5-7,9,11,13H,2-4,8,10H2,1H3. The zero-order valence-electron chi connectivity index (χ0n) is 14.0. The average Bonchev–Trinajstić information content (AvgIpc) is 3.39. The van der Waals surface area contributed by atoms with E-state index in [-0.39, 0.29) is 11.9 Å². The first-order valence-electron chi connectivity index (χ1n) is 8.42. The number of likely N-dealkylation sites (tertiary alicyclic amines) is 1. The van der Waals surface area contributed by atoms with Crippen LogP contribution in [0.2, 0.25) is 0 Å². The largest absolute Gasteiger partial charge is 0.454 e. The average molecular weight is 341 g/mol. The fourth-order valence-corrected chi connectivity index (χ4v) is 3.10. The van der Waals surface area contributed by atoms with E-state index in [2.05, 4.69) is 15.1 Å². The minimum Gasteiger partial charge on any atom is -0.454 e. The molecule has 1 amide bonds. The maximum absolute atomic E-state index is 12.8. The number of aromatic nitrogens is 4. The maximum Gasteiger partial charge on any atom is 0.290 e. The molecule has 0 bridgehead atoms. The van der Waals surface area contributed by atoms with Crippen molar-refractivity contribution < 1.29 is 13.7 Å². The van der Waals surface area contributed by atoms with Gasteiger partial charge in [0.25, 0.3) is 5.91 Å². The number of furan rings is 1. The van der Waals surface area contributed by atoms with Crippen LogP contribution in [0.25, 0.3) is 0 Å². The Morgan fingerprint density at radius 3 is 3.08 bits per heavy atom. The molecule has 0 aromatic carbocycles. The molecule has 1 atom stereocenters. The summed E-state index contributed by atoms with van der Waals surface area (Å²) < 4.78 is 12.8. The quantitative estimate of drug-likeness (QED) is 0.708. The Bertz CT molecular complexity index is 851. The number of nitrogens with zero attached hydrogens (tertiary/aromatic N) is 5. The number of imidazole rings is 1. The number of rotatable bonds is 5. The van der Waals surface area contributed by atoms with Crippen LogP contribution < -0.4 is 0 Å². The molecule has 4 heterocycles. The molecule has 0 N–H and O–H groups in total. The lowest BCUT2D eigenvalue weighted by Crippen LogP contribution is -2.30. The molecule has 0 spiro atoms. The van der Waals surface area contributed by atoms with Crippen molar-refractivity contribution in [3.63, 3.8) is 0 Å². The van der Waals surface area contributed by atoms with Gasteiger partial charge in [-0.25, -0.2) is 4.98 Å². The van der Waals surface area contributed by atoms with Gasteiger partial charge in [0.1, 0.15) is 5.76 Å². The minimum absolute atomic E-state index is 0.137. The zero-order chi connectivity index (χ0) is 17.2. The molecule has 1 aliphatic rings. The summed E-state index contributed by atoms with van der Waals surface area (Å²) in [5.41, 5.74) is 0. The van der Waals surface area contributed by atoms with Crippen molar-refractivity contribution in [2.45, 2.75) is 38.8 Å². The van der Waals surface area contributed by atoms with Crippen molar-refractivity contribution in [2.24, 2.45) is 0 Å². The number of carbonyl (C=O) groups is 1. The van der Waals surface area contributed by atoms with E-state index in [1.54, 1.807) is 23.5 Å².